The van der Waals surface area contributed by atoms with Crippen LogP contribution in [0.5, 0.6) is 0 Å². The van der Waals surface area contributed by atoms with Crippen LogP contribution in [0.3, 0.4) is 0 Å². The second-order valence-electron chi connectivity index (χ2n) is 3.33. The minimum absolute atomic E-state index is 0.0199. The largest absolute Gasteiger partial charge is 0.386 e. The third-order valence-electron chi connectivity index (χ3n) is 1.91. The molecule has 0 bridgehead atoms. The van der Waals surface area contributed by atoms with Gasteiger partial charge in [-0.25, -0.2) is 0 Å². The molecule has 1 heterocycles. The number of hydrazone groups is 1. The molecule has 1 unspecified atom stereocenters. The van der Waals surface area contributed by atoms with Crippen molar-refractivity contribution in [2.24, 2.45) is 10.8 Å². The number of nitrogens with one attached hydrogen (secondary N) is 1. The fourth-order valence-electron chi connectivity index (χ4n) is 1.26. The molecule has 1 fully saturated rings. The lowest BCUT2D eigenvalue weighted by Crippen LogP contribution is -2.26. The van der Waals surface area contributed by atoms with Crippen molar-refractivity contribution in [2.75, 3.05) is 19.8 Å². The summed E-state index contributed by atoms with van der Waals surface area (Å²) in [7, 11) is 0. The standard InChI is InChI=1S/C9H19N3O2/c1-8(10)12-11-5-7-14-9-4-2-3-6-13-9/h9,11H,2-7H2,1H3,(H2,10,12). The van der Waals surface area contributed by atoms with Gasteiger partial charge in [-0.3, -0.25) is 0 Å². The number of nitrogens with zero attached hydrogens (tertiary/aromatic N) is 1. The van der Waals surface area contributed by atoms with Crippen molar-refractivity contribution in [2.45, 2.75) is 32.5 Å². The first-order valence-corrected chi connectivity index (χ1v) is 5.05. The first-order valence-electron chi connectivity index (χ1n) is 5.05. The van der Waals surface area contributed by atoms with Gasteiger partial charge >= 0.3 is 0 Å². The van der Waals surface area contributed by atoms with E-state index in [1.807, 2.05) is 0 Å². The van der Waals surface area contributed by atoms with Crippen molar-refractivity contribution < 1.29 is 9.47 Å². The van der Waals surface area contributed by atoms with Gasteiger partial charge in [0.15, 0.2) is 6.29 Å². The molecule has 1 atom stereocenters. The molecule has 82 valence electrons. The Labute approximate surface area is 84.6 Å². The van der Waals surface area contributed by atoms with Gasteiger partial charge in [0.05, 0.1) is 13.2 Å². The molecule has 0 aromatic rings. The molecular weight excluding hydrogens is 182 g/mol. The fourth-order valence-corrected chi connectivity index (χ4v) is 1.26. The highest BCUT2D eigenvalue weighted by atomic mass is 16.7. The molecule has 0 aliphatic carbocycles. The lowest BCUT2D eigenvalue weighted by atomic mass is 10.2. The average molecular weight is 201 g/mol. The van der Waals surface area contributed by atoms with Crippen molar-refractivity contribution in [1.29, 1.82) is 0 Å². The summed E-state index contributed by atoms with van der Waals surface area (Å²) in [6, 6.07) is 0. The van der Waals surface area contributed by atoms with Gasteiger partial charge < -0.3 is 20.6 Å². The maximum atomic E-state index is 5.47. The predicted octanol–water partition coefficient (Wildman–Crippen LogP) is 0.411. The summed E-state index contributed by atoms with van der Waals surface area (Å²) in [6.45, 7) is 3.81. The van der Waals surface area contributed by atoms with E-state index in [-0.39, 0.29) is 6.29 Å². The van der Waals surface area contributed by atoms with Crippen molar-refractivity contribution in [1.82, 2.24) is 5.43 Å². The molecule has 0 spiro atoms. The number of rotatable bonds is 5. The van der Waals surface area contributed by atoms with Gasteiger partial charge in [0, 0.05) is 6.61 Å². The Morgan fingerprint density at radius 3 is 3.14 bits per heavy atom. The van der Waals surface area contributed by atoms with Crippen LogP contribution in [-0.4, -0.2) is 31.9 Å². The van der Waals surface area contributed by atoms with Crippen LogP contribution in [-0.2, 0) is 9.47 Å². The van der Waals surface area contributed by atoms with Gasteiger partial charge in [-0.2, -0.15) is 5.10 Å². The van der Waals surface area contributed by atoms with Crippen LogP contribution in [0.1, 0.15) is 26.2 Å². The zero-order valence-electron chi connectivity index (χ0n) is 8.66. The van der Waals surface area contributed by atoms with E-state index in [1.54, 1.807) is 6.92 Å². The van der Waals surface area contributed by atoms with Crippen LogP contribution in [0, 0.1) is 0 Å². The Balaban J connectivity index is 1.95. The topological polar surface area (TPSA) is 68.9 Å². The molecular formula is C9H19N3O2. The Hall–Kier alpha value is -0.810. The van der Waals surface area contributed by atoms with E-state index in [4.69, 9.17) is 15.2 Å². The fraction of sp³-hybridized carbons (Fsp3) is 0.889. The van der Waals surface area contributed by atoms with Gasteiger partial charge in [0.2, 0.25) is 0 Å². The summed E-state index contributed by atoms with van der Waals surface area (Å²) in [4.78, 5) is 0. The number of nitrogens with two attached hydrogens (primary N) is 1. The van der Waals surface area contributed by atoms with Gasteiger partial charge in [0.25, 0.3) is 0 Å². The predicted molar refractivity (Wildman–Crippen MR) is 54.8 cm³/mol. The average Bonchev–Trinajstić information content (AvgIpc) is 2.18. The molecule has 0 saturated carbocycles. The van der Waals surface area contributed by atoms with Crippen molar-refractivity contribution in [3.05, 3.63) is 0 Å². The van der Waals surface area contributed by atoms with Gasteiger partial charge in [-0.05, 0) is 26.2 Å². The molecule has 0 aromatic heterocycles. The summed E-state index contributed by atoms with van der Waals surface area (Å²) in [5.74, 6) is 0.527. The van der Waals surface area contributed by atoms with E-state index >= 15 is 0 Å². The Kier molecular flexibility index (Phi) is 5.32. The summed E-state index contributed by atoms with van der Waals surface area (Å²) >= 11 is 0. The zero-order valence-corrected chi connectivity index (χ0v) is 8.66. The van der Waals surface area contributed by atoms with E-state index in [9.17, 15) is 0 Å². The van der Waals surface area contributed by atoms with E-state index in [0.29, 0.717) is 19.0 Å². The van der Waals surface area contributed by atoms with Crippen LogP contribution in [0.15, 0.2) is 5.10 Å². The van der Waals surface area contributed by atoms with Crippen LogP contribution in [0.2, 0.25) is 0 Å². The summed E-state index contributed by atoms with van der Waals surface area (Å²) in [6.07, 6.45) is 3.32. The number of hydrogen-bond donors (Lipinski definition) is 2. The quantitative estimate of drug-likeness (QED) is 0.292. The molecule has 5 nitrogen and oxygen atoms in total. The molecule has 0 aromatic carbocycles. The summed E-state index contributed by atoms with van der Waals surface area (Å²) in [5, 5.41) is 3.83. The second kappa shape index (κ2) is 6.62. The number of hydrogen-bond acceptors (Lipinski definition) is 4. The molecule has 5 heteroatoms. The Morgan fingerprint density at radius 1 is 1.64 bits per heavy atom. The monoisotopic (exact) mass is 201 g/mol. The van der Waals surface area contributed by atoms with Crippen molar-refractivity contribution in [3.63, 3.8) is 0 Å². The molecule has 1 rings (SSSR count). The molecule has 0 amide bonds. The smallest absolute Gasteiger partial charge is 0.157 e. The van der Waals surface area contributed by atoms with Crippen LogP contribution in [0.4, 0.5) is 0 Å². The summed E-state index contributed by atoms with van der Waals surface area (Å²) < 4.78 is 10.9. The van der Waals surface area contributed by atoms with Crippen molar-refractivity contribution in [3.8, 4) is 0 Å². The van der Waals surface area contributed by atoms with Crippen LogP contribution < -0.4 is 11.2 Å². The Bertz CT molecular complexity index is 175. The zero-order chi connectivity index (χ0) is 10.2. The minimum atomic E-state index is -0.0199. The first kappa shape index (κ1) is 11.3. The maximum absolute atomic E-state index is 5.47. The molecule has 0 radical (unpaired) electrons. The molecule has 1 aliphatic heterocycles. The molecule has 14 heavy (non-hydrogen) atoms. The van der Waals surface area contributed by atoms with Crippen LogP contribution >= 0.6 is 0 Å². The highest BCUT2D eigenvalue weighted by Crippen LogP contribution is 2.12. The lowest BCUT2D eigenvalue weighted by molar-refractivity contribution is -0.161. The Morgan fingerprint density at radius 2 is 2.50 bits per heavy atom. The molecule has 1 aliphatic rings. The van der Waals surface area contributed by atoms with E-state index in [2.05, 4.69) is 10.5 Å². The van der Waals surface area contributed by atoms with E-state index in [0.717, 1.165) is 19.4 Å². The maximum Gasteiger partial charge on any atom is 0.157 e. The van der Waals surface area contributed by atoms with Crippen molar-refractivity contribution >= 4 is 5.84 Å². The second-order valence-corrected chi connectivity index (χ2v) is 3.33. The number of amidine groups is 1. The first-order chi connectivity index (χ1) is 6.79. The summed E-state index contributed by atoms with van der Waals surface area (Å²) in [5.41, 5.74) is 8.15. The third-order valence-corrected chi connectivity index (χ3v) is 1.91. The van der Waals surface area contributed by atoms with Gasteiger partial charge in [-0.1, -0.05) is 0 Å². The third kappa shape index (κ3) is 5.04. The molecule has 3 N–H and O–H groups in total. The number of ether oxygens (including phenoxy) is 2. The highest BCUT2D eigenvalue weighted by Gasteiger charge is 2.12. The van der Waals surface area contributed by atoms with Gasteiger partial charge in [0.1, 0.15) is 5.84 Å². The molecule has 1 saturated heterocycles. The highest BCUT2D eigenvalue weighted by molar-refractivity contribution is 5.77. The van der Waals surface area contributed by atoms with E-state index in [1.165, 1.54) is 6.42 Å². The van der Waals surface area contributed by atoms with Gasteiger partial charge in [-0.15, -0.1) is 0 Å². The normalized spacial score (nSPS) is 23.5. The minimum Gasteiger partial charge on any atom is -0.386 e. The SMILES string of the molecule is C/C(N)=N/NCCOC1CCCCO1. The van der Waals surface area contributed by atoms with Crippen LogP contribution in [0.25, 0.3) is 0 Å². The van der Waals surface area contributed by atoms with E-state index < -0.39 is 0 Å². The lowest BCUT2D eigenvalue weighted by Gasteiger charge is -2.22.